The highest BCUT2D eigenvalue weighted by Gasteiger charge is 2.20. The van der Waals surface area contributed by atoms with Gasteiger partial charge in [0, 0.05) is 44.5 Å². The summed E-state index contributed by atoms with van der Waals surface area (Å²) < 4.78 is 0. The van der Waals surface area contributed by atoms with Crippen LogP contribution in [-0.4, -0.2) is 48.4 Å². The van der Waals surface area contributed by atoms with Gasteiger partial charge in [-0.25, -0.2) is 0 Å². The largest absolute Gasteiger partial charge is 0.378 e. The number of benzene rings is 1. The maximum absolute atomic E-state index is 6.02. The lowest BCUT2D eigenvalue weighted by molar-refractivity contribution is 0.500. The third kappa shape index (κ3) is 3.00. The van der Waals surface area contributed by atoms with E-state index in [-0.39, 0.29) is 6.04 Å². The summed E-state index contributed by atoms with van der Waals surface area (Å²) in [5, 5.41) is 7.38. The Kier molecular flexibility index (Phi) is 3.79. The smallest absolute Gasteiger partial charge is 0.245 e. The number of nitrogens with one attached hydrogen (secondary N) is 1. The Bertz CT molecular complexity index is 606. The number of anilines is 2. The van der Waals surface area contributed by atoms with Crippen LogP contribution >= 0.6 is 0 Å². The zero-order valence-corrected chi connectivity index (χ0v) is 12.6. The lowest BCUT2D eigenvalue weighted by atomic mass is 10.1. The van der Waals surface area contributed by atoms with Crippen molar-refractivity contribution in [1.82, 2.24) is 15.2 Å². The van der Waals surface area contributed by atoms with Gasteiger partial charge in [-0.05, 0) is 25.0 Å². The highest BCUT2D eigenvalue weighted by atomic mass is 15.4. The predicted octanol–water partition coefficient (Wildman–Crippen LogP) is 1.47. The summed E-state index contributed by atoms with van der Waals surface area (Å²) in [6, 6.07) is 8.47. The SMILES string of the molecule is CN(C)c1cccc(-c2nc(N3CCCC(N)C3)n[nH]2)c1. The Hall–Kier alpha value is -2.08. The van der Waals surface area contributed by atoms with Gasteiger partial charge in [0.05, 0.1) is 0 Å². The summed E-state index contributed by atoms with van der Waals surface area (Å²) in [5.41, 5.74) is 8.21. The van der Waals surface area contributed by atoms with Crippen molar-refractivity contribution in [2.75, 3.05) is 37.0 Å². The van der Waals surface area contributed by atoms with Crippen molar-refractivity contribution in [2.45, 2.75) is 18.9 Å². The van der Waals surface area contributed by atoms with E-state index >= 15 is 0 Å². The normalized spacial score (nSPS) is 18.8. The van der Waals surface area contributed by atoms with Crippen LogP contribution in [0.2, 0.25) is 0 Å². The number of hydrogen-bond donors (Lipinski definition) is 2. The third-order valence-corrected chi connectivity index (χ3v) is 3.85. The lowest BCUT2D eigenvalue weighted by Crippen LogP contribution is -2.43. The van der Waals surface area contributed by atoms with Crippen LogP contribution in [0.5, 0.6) is 0 Å². The maximum Gasteiger partial charge on any atom is 0.245 e. The summed E-state index contributed by atoms with van der Waals surface area (Å²) in [5.74, 6) is 1.54. The molecule has 0 spiro atoms. The average Bonchev–Trinajstić information content (AvgIpc) is 2.97. The molecular formula is C15H22N6. The zero-order valence-electron chi connectivity index (χ0n) is 12.6. The molecule has 1 aromatic heterocycles. The first kappa shape index (κ1) is 13.9. The molecular weight excluding hydrogens is 264 g/mol. The second-order valence-corrected chi connectivity index (χ2v) is 5.78. The molecule has 1 aliphatic heterocycles. The Morgan fingerprint density at radius 3 is 3.00 bits per heavy atom. The predicted molar refractivity (Wildman–Crippen MR) is 85.6 cm³/mol. The van der Waals surface area contributed by atoms with Gasteiger partial charge in [0.1, 0.15) is 0 Å². The molecule has 0 bridgehead atoms. The van der Waals surface area contributed by atoms with E-state index in [0.29, 0.717) is 0 Å². The standard InChI is InChI=1S/C15H22N6/c1-20(2)13-7-3-5-11(9-13)14-17-15(19-18-14)21-8-4-6-12(16)10-21/h3,5,7,9,12H,4,6,8,10,16H2,1-2H3,(H,17,18,19). The second kappa shape index (κ2) is 5.73. The zero-order chi connectivity index (χ0) is 14.8. The molecule has 0 radical (unpaired) electrons. The molecule has 21 heavy (non-hydrogen) atoms. The molecule has 3 N–H and O–H groups in total. The van der Waals surface area contributed by atoms with E-state index in [4.69, 9.17) is 5.73 Å². The molecule has 1 atom stereocenters. The summed E-state index contributed by atoms with van der Waals surface area (Å²) in [7, 11) is 4.06. The summed E-state index contributed by atoms with van der Waals surface area (Å²) >= 11 is 0. The van der Waals surface area contributed by atoms with Crippen LogP contribution in [0.4, 0.5) is 11.6 Å². The fraction of sp³-hybridized carbons (Fsp3) is 0.467. The van der Waals surface area contributed by atoms with Crippen molar-refractivity contribution in [3.05, 3.63) is 24.3 Å². The number of rotatable bonds is 3. The minimum absolute atomic E-state index is 0.220. The van der Waals surface area contributed by atoms with Crippen LogP contribution in [0.25, 0.3) is 11.4 Å². The highest BCUT2D eigenvalue weighted by molar-refractivity contribution is 5.63. The number of nitrogens with two attached hydrogens (primary N) is 1. The van der Waals surface area contributed by atoms with E-state index in [1.807, 2.05) is 26.2 Å². The fourth-order valence-electron chi connectivity index (χ4n) is 2.65. The molecule has 1 aromatic carbocycles. The van der Waals surface area contributed by atoms with Gasteiger partial charge in [-0.15, -0.1) is 5.10 Å². The van der Waals surface area contributed by atoms with Crippen LogP contribution in [-0.2, 0) is 0 Å². The topological polar surface area (TPSA) is 74.1 Å². The molecule has 112 valence electrons. The van der Waals surface area contributed by atoms with Crippen molar-refractivity contribution >= 4 is 11.6 Å². The van der Waals surface area contributed by atoms with E-state index in [2.05, 4.69) is 37.1 Å². The summed E-state index contributed by atoms with van der Waals surface area (Å²) in [4.78, 5) is 8.85. The van der Waals surface area contributed by atoms with Gasteiger partial charge < -0.3 is 15.5 Å². The molecule has 0 aliphatic carbocycles. The summed E-state index contributed by atoms with van der Waals surface area (Å²) in [6.07, 6.45) is 2.18. The van der Waals surface area contributed by atoms with Crippen LogP contribution < -0.4 is 15.5 Å². The van der Waals surface area contributed by atoms with Gasteiger partial charge in [0.2, 0.25) is 5.95 Å². The Labute approximate surface area is 125 Å². The fourth-order valence-corrected chi connectivity index (χ4v) is 2.65. The van der Waals surface area contributed by atoms with E-state index in [0.717, 1.165) is 49.0 Å². The highest BCUT2D eigenvalue weighted by Crippen LogP contribution is 2.23. The molecule has 1 unspecified atom stereocenters. The van der Waals surface area contributed by atoms with Gasteiger partial charge >= 0.3 is 0 Å². The molecule has 2 aromatic rings. The number of aromatic nitrogens is 3. The first-order valence-corrected chi connectivity index (χ1v) is 7.34. The number of nitrogens with zero attached hydrogens (tertiary/aromatic N) is 4. The Morgan fingerprint density at radius 1 is 1.38 bits per heavy atom. The second-order valence-electron chi connectivity index (χ2n) is 5.78. The van der Waals surface area contributed by atoms with Crippen molar-refractivity contribution in [3.63, 3.8) is 0 Å². The van der Waals surface area contributed by atoms with Crippen LogP contribution in [0.1, 0.15) is 12.8 Å². The minimum Gasteiger partial charge on any atom is -0.378 e. The van der Waals surface area contributed by atoms with Crippen molar-refractivity contribution in [1.29, 1.82) is 0 Å². The van der Waals surface area contributed by atoms with Gasteiger partial charge in [-0.2, -0.15) is 4.98 Å². The van der Waals surface area contributed by atoms with E-state index in [1.165, 1.54) is 0 Å². The quantitative estimate of drug-likeness (QED) is 0.893. The van der Waals surface area contributed by atoms with Gasteiger partial charge in [-0.3, -0.25) is 5.10 Å². The van der Waals surface area contributed by atoms with Crippen molar-refractivity contribution in [3.8, 4) is 11.4 Å². The van der Waals surface area contributed by atoms with E-state index in [9.17, 15) is 0 Å². The average molecular weight is 286 g/mol. The molecule has 3 rings (SSSR count). The van der Waals surface area contributed by atoms with E-state index in [1.54, 1.807) is 0 Å². The third-order valence-electron chi connectivity index (χ3n) is 3.85. The van der Waals surface area contributed by atoms with Crippen LogP contribution in [0, 0.1) is 0 Å². The minimum atomic E-state index is 0.220. The molecule has 1 aliphatic rings. The maximum atomic E-state index is 6.02. The molecule has 6 heteroatoms. The molecule has 0 saturated carbocycles. The number of piperidine rings is 1. The Morgan fingerprint density at radius 2 is 2.24 bits per heavy atom. The first-order chi connectivity index (χ1) is 10.1. The van der Waals surface area contributed by atoms with Gasteiger partial charge in [-0.1, -0.05) is 12.1 Å². The van der Waals surface area contributed by atoms with Crippen LogP contribution in [0.3, 0.4) is 0 Å². The lowest BCUT2D eigenvalue weighted by Gasteiger charge is -2.29. The number of hydrogen-bond acceptors (Lipinski definition) is 5. The van der Waals surface area contributed by atoms with Gasteiger partial charge in [0.15, 0.2) is 5.82 Å². The van der Waals surface area contributed by atoms with Crippen LogP contribution in [0.15, 0.2) is 24.3 Å². The van der Waals surface area contributed by atoms with Gasteiger partial charge in [0.25, 0.3) is 0 Å². The van der Waals surface area contributed by atoms with Crippen molar-refractivity contribution in [2.24, 2.45) is 5.73 Å². The summed E-state index contributed by atoms with van der Waals surface area (Å²) in [6.45, 7) is 1.80. The monoisotopic (exact) mass is 286 g/mol. The number of aromatic amines is 1. The molecule has 1 saturated heterocycles. The van der Waals surface area contributed by atoms with Crippen molar-refractivity contribution < 1.29 is 0 Å². The number of H-pyrrole nitrogens is 1. The first-order valence-electron chi connectivity index (χ1n) is 7.34. The molecule has 2 heterocycles. The Balaban J connectivity index is 1.83. The van der Waals surface area contributed by atoms with E-state index < -0.39 is 0 Å². The molecule has 0 amide bonds. The molecule has 1 fully saturated rings. The molecule has 6 nitrogen and oxygen atoms in total.